The summed E-state index contributed by atoms with van der Waals surface area (Å²) in [7, 11) is 3.93. The van der Waals surface area contributed by atoms with Crippen LogP contribution >= 0.6 is 0 Å². The van der Waals surface area contributed by atoms with Crippen LogP contribution in [0, 0.1) is 0 Å². The average molecular weight is 232 g/mol. The molecule has 0 unspecified atom stereocenters. The highest BCUT2D eigenvalue weighted by Gasteiger charge is 2.09. The van der Waals surface area contributed by atoms with E-state index in [2.05, 4.69) is 10.1 Å². The molecular formula is C12H16N4O. The maximum absolute atomic E-state index is 5.59. The Morgan fingerprint density at radius 1 is 1.35 bits per heavy atom. The van der Waals surface area contributed by atoms with E-state index in [9.17, 15) is 0 Å². The second-order valence-electron chi connectivity index (χ2n) is 4.16. The first-order valence-corrected chi connectivity index (χ1v) is 5.45. The van der Waals surface area contributed by atoms with Gasteiger partial charge in [-0.2, -0.15) is 4.98 Å². The van der Waals surface area contributed by atoms with Gasteiger partial charge in [-0.1, -0.05) is 17.3 Å². The molecule has 0 aliphatic heterocycles. The van der Waals surface area contributed by atoms with Gasteiger partial charge in [-0.25, -0.2) is 0 Å². The summed E-state index contributed by atoms with van der Waals surface area (Å²) in [5, 5.41) is 3.93. The summed E-state index contributed by atoms with van der Waals surface area (Å²) in [6.45, 7) is 1.17. The van der Waals surface area contributed by atoms with E-state index in [0.717, 1.165) is 11.1 Å². The van der Waals surface area contributed by atoms with Crippen molar-refractivity contribution in [1.82, 2.24) is 15.0 Å². The fourth-order valence-electron chi connectivity index (χ4n) is 1.55. The molecule has 0 aliphatic rings. The molecule has 1 heterocycles. The molecular weight excluding hydrogens is 216 g/mol. The summed E-state index contributed by atoms with van der Waals surface area (Å²) < 4.78 is 5.22. The Hall–Kier alpha value is -1.72. The normalized spacial score (nSPS) is 11.1. The van der Waals surface area contributed by atoms with Gasteiger partial charge in [0.2, 0.25) is 0 Å². The number of hydrogen-bond acceptors (Lipinski definition) is 5. The van der Waals surface area contributed by atoms with Gasteiger partial charge in [0.05, 0.1) is 6.54 Å². The van der Waals surface area contributed by atoms with Gasteiger partial charge in [0, 0.05) is 12.1 Å². The third-order valence-corrected chi connectivity index (χ3v) is 2.34. The number of hydrogen-bond donors (Lipinski definition) is 1. The van der Waals surface area contributed by atoms with Gasteiger partial charge < -0.3 is 15.2 Å². The van der Waals surface area contributed by atoms with E-state index < -0.39 is 0 Å². The van der Waals surface area contributed by atoms with Crippen LogP contribution in [0.4, 0.5) is 0 Å². The van der Waals surface area contributed by atoms with Crippen LogP contribution in [-0.4, -0.2) is 29.1 Å². The van der Waals surface area contributed by atoms with Crippen molar-refractivity contribution in [1.29, 1.82) is 0 Å². The molecule has 1 aromatic carbocycles. The summed E-state index contributed by atoms with van der Waals surface area (Å²) in [6, 6.07) is 7.81. The molecule has 5 nitrogen and oxygen atoms in total. The van der Waals surface area contributed by atoms with Crippen molar-refractivity contribution in [3.05, 3.63) is 35.7 Å². The Morgan fingerprint density at radius 2 is 2.18 bits per heavy atom. The minimum atomic E-state index is 0.506. The predicted octanol–water partition coefficient (Wildman–Crippen LogP) is 1.26. The van der Waals surface area contributed by atoms with E-state index in [4.69, 9.17) is 10.3 Å². The maximum atomic E-state index is 5.59. The summed E-state index contributed by atoms with van der Waals surface area (Å²) in [5.74, 6) is 1.22. The number of nitrogens with two attached hydrogens (primary N) is 1. The lowest BCUT2D eigenvalue weighted by atomic mass is 10.1. The first-order chi connectivity index (χ1) is 8.19. The van der Waals surface area contributed by atoms with Crippen LogP contribution in [0.15, 0.2) is 28.8 Å². The van der Waals surface area contributed by atoms with Crippen LogP contribution < -0.4 is 5.73 Å². The zero-order chi connectivity index (χ0) is 12.3. The Morgan fingerprint density at radius 3 is 2.88 bits per heavy atom. The predicted molar refractivity (Wildman–Crippen MR) is 65.0 cm³/mol. The molecule has 0 aliphatic carbocycles. The molecule has 0 fully saturated rings. The summed E-state index contributed by atoms with van der Waals surface area (Å²) >= 11 is 0. The smallest absolute Gasteiger partial charge is 0.257 e. The quantitative estimate of drug-likeness (QED) is 0.859. The second-order valence-corrected chi connectivity index (χ2v) is 4.16. The van der Waals surface area contributed by atoms with Crippen LogP contribution in [0.5, 0.6) is 0 Å². The monoisotopic (exact) mass is 232 g/mol. The SMILES string of the molecule is CN(C)Cc1noc(-c2cccc(CN)c2)n1. The van der Waals surface area contributed by atoms with Crippen LogP contribution in [0.3, 0.4) is 0 Å². The summed E-state index contributed by atoms with van der Waals surface area (Å²) in [6.07, 6.45) is 0. The molecule has 2 rings (SSSR count). The Labute approximate surface area is 100 Å². The molecule has 0 atom stereocenters. The number of rotatable bonds is 4. The van der Waals surface area contributed by atoms with Gasteiger partial charge in [0.15, 0.2) is 5.82 Å². The Kier molecular flexibility index (Phi) is 3.51. The van der Waals surface area contributed by atoms with Crippen LogP contribution in [0.2, 0.25) is 0 Å². The average Bonchev–Trinajstić information content (AvgIpc) is 2.77. The molecule has 1 aromatic heterocycles. The molecule has 17 heavy (non-hydrogen) atoms. The van der Waals surface area contributed by atoms with Crippen LogP contribution in [-0.2, 0) is 13.1 Å². The van der Waals surface area contributed by atoms with Crippen molar-refractivity contribution < 1.29 is 4.52 Å². The molecule has 5 heteroatoms. The van der Waals surface area contributed by atoms with Crippen molar-refractivity contribution in [3.63, 3.8) is 0 Å². The highest BCUT2D eigenvalue weighted by Crippen LogP contribution is 2.18. The minimum Gasteiger partial charge on any atom is -0.334 e. The lowest BCUT2D eigenvalue weighted by Gasteiger charge is -2.03. The van der Waals surface area contributed by atoms with Crippen molar-refractivity contribution in [2.45, 2.75) is 13.1 Å². The summed E-state index contributed by atoms with van der Waals surface area (Å²) in [5.41, 5.74) is 7.55. The van der Waals surface area contributed by atoms with Gasteiger partial charge in [-0.05, 0) is 31.8 Å². The standard InChI is InChI=1S/C12H16N4O/c1-16(2)8-11-14-12(17-15-11)10-5-3-4-9(6-10)7-13/h3-6H,7-8,13H2,1-2H3. The van der Waals surface area contributed by atoms with E-state index in [0.29, 0.717) is 24.8 Å². The third kappa shape index (κ3) is 2.89. The van der Waals surface area contributed by atoms with Crippen LogP contribution in [0.25, 0.3) is 11.5 Å². The first-order valence-electron chi connectivity index (χ1n) is 5.45. The zero-order valence-corrected chi connectivity index (χ0v) is 10.1. The lowest BCUT2D eigenvalue weighted by molar-refractivity contribution is 0.365. The lowest BCUT2D eigenvalue weighted by Crippen LogP contribution is -2.11. The van der Waals surface area contributed by atoms with Gasteiger partial charge in [-0.3, -0.25) is 0 Å². The van der Waals surface area contributed by atoms with Crippen LogP contribution in [0.1, 0.15) is 11.4 Å². The molecule has 90 valence electrons. The van der Waals surface area contributed by atoms with Crippen molar-refractivity contribution in [2.75, 3.05) is 14.1 Å². The van der Waals surface area contributed by atoms with Gasteiger partial charge in [-0.15, -0.1) is 0 Å². The fraction of sp³-hybridized carbons (Fsp3) is 0.333. The van der Waals surface area contributed by atoms with Gasteiger partial charge >= 0.3 is 0 Å². The highest BCUT2D eigenvalue weighted by molar-refractivity contribution is 5.53. The van der Waals surface area contributed by atoms with Crippen molar-refractivity contribution in [3.8, 4) is 11.5 Å². The van der Waals surface area contributed by atoms with E-state index >= 15 is 0 Å². The first kappa shape index (κ1) is 11.8. The second kappa shape index (κ2) is 5.07. The largest absolute Gasteiger partial charge is 0.334 e. The number of benzene rings is 1. The number of aromatic nitrogens is 2. The fourth-order valence-corrected chi connectivity index (χ4v) is 1.55. The zero-order valence-electron chi connectivity index (χ0n) is 10.1. The molecule has 0 saturated heterocycles. The molecule has 0 saturated carbocycles. The molecule has 0 spiro atoms. The Bertz CT molecular complexity index is 493. The van der Waals surface area contributed by atoms with E-state index in [1.54, 1.807) is 0 Å². The summed E-state index contributed by atoms with van der Waals surface area (Å²) in [4.78, 5) is 6.33. The van der Waals surface area contributed by atoms with E-state index in [1.807, 2.05) is 43.3 Å². The Balaban J connectivity index is 2.24. The van der Waals surface area contributed by atoms with Crippen molar-refractivity contribution in [2.24, 2.45) is 5.73 Å². The maximum Gasteiger partial charge on any atom is 0.257 e. The van der Waals surface area contributed by atoms with Gasteiger partial charge in [0.1, 0.15) is 0 Å². The third-order valence-electron chi connectivity index (χ3n) is 2.34. The van der Waals surface area contributed by atoms with E-state index in [1.165, 1.54) is 0 Å². The van der Waals surface area contributed by atoms with Crippen molar-refractivity contribution >= 4 is 0 Å². The molecule has 0 bridgehead atoms. The topological polar surface area (TPSA) is 68.2 Å². The minimum absolute atomic E-state index is 0.506. The molecule has 0 amide bonds. The number of nitrogens with zero attached hydrogens (tertiary/aromatic N) is 3. The molecule has 2 aromatic rings. The molecule has 2 N–H and O–H groups in total. The highest BCUT2D eigenvalue weighted by atomic mass is 16.5. The van der Waals surface area contributed by atoms with E-state index in [-0.39, 0.29) is 0 Å². The molecule has 0 radical (unpaired) electrons. The van der Waals surface area contributed by atoms with Gasteiger partial charge in [0.25, 0.3) is 5.89 Å².